The number of aromatic nitrogens is 1. The van der Waals surface area contributed by atoms with E-state index in [2.05, 4.69) is 63.1 Å². The van der Waals surface area contributed by atoms with Crippen molar-refractivity contribution in [2.75, 3.05) is 5.32 Å². The molecule has 0 radical (unpaired) electrons. The first-order valence-corrected chi connectivity index (χ1v) is 10.6. The first kappa shape index (κ1) is 20.6. The normalized spacial score (nSPS) is 11.3. The molecule has 31 heavy (non-hydrogen) atoms. The summed E-state index contributed by atoms with van der Waals surface area (Å²) in [6, 6.07) is 25.7. The van der Waals surface area contributed by atoms with Gasteiger partial charge in [0, 0.05) is 39.4 Å². The molecule has 0 bridgehead atoms. The van der Waals surface area contributed by atoms with Gasteiger partial charge in [-0.1, -0.05) is 64.0 Å². The molecule has 0 saturated heterocycles. The molecule has 3 aromatic carbocycles. The van der Waals surface area contributed by atoms with Crippen LogP contribution in [0.2, 0.25) is 0 Å². The highest BCUT2D eigenvalue weighted by Gasteiger charge is 2.13. The topological polar surface area (TPSA) is 57.8 Å². The lowest BCUT2D eigenvalue weighted by Gasteiger charge is -2.06. The molecule has 0 spiro atoms. The summed E-state index contributed by atoms with van der Waals surface area (Å²) in [4.78, 5) is 12.7. The van der Waals surface area contributed by atoms with Crippen molar-refractivity contribution in [3.8, 4) is 6.07 Å². The van der Waals surface area contributed by atoms with E-state index in [1.165, 1.54) is 11.1 Å². The van der Waals surface area contributed by atoms with Crippen LogP contribution in [0.25, 0.3) is 17.0 Å². The van der Waals surface area contributed by atoms with Crippen LogP contribution in [-0.2, 0) is 11.3 Å². The van der Waals surface area contributed by atoms with Gasteiger partial charge in [0.2, 0.25) is 0 Å². The maximum absolute atomic E-state index is 12.7. The highest BCUT2D eigenvalue weighted by atomic mass is 79.9. The van der Waals surface area contributed by atoms with Gasteiger partial charge in [0.1, 0.15) is 11.6 Å². The molecular weight excluding hydrogens is 450 g/mol. The van der Waals surface area contributed by atoms with E-state index in [0.717, 1.165) is 20.9 Å². The SMILES string of the molecule is Cc1ccc(Cn2cc(/C=C(/C#N)C(=O)Nc3ccc(Br)cc3)c3ccccc32)cc1. The van der Waals surface area contributed by atoms with Gasteiger partial charge < -0.3 is 9.88 Å². The van der Waals surface area contributed by atoms with E-state index >= 15 is 0 Å². The minimum absolute atomic E-state index is 0.0566. The van der Waals surface area contributed by atoms with Crippen molar-refractivity contribution in [3.05, 3.63) is 106 Å². The summed E-state index contributed by atoms with van der Waals surface area (Å²) < 4.78 is 3.07. The second-order valence-electron chi connectivity index (χ2n) is 7.35. The summed E-state index contributed by atoms with van der Waals surface area (Å²) in [5.74, 6) is -0.430. The predicted molar refractivity (Wildman–Crippen MR) is 129 cm³/mol. The molecular formula is C26H20BrN3O. The van der Waals surface area contributed by atoms with Crippen LogP contribution in [0.3, 0.4) is 0 Å². The Kier molecular flexibility index (Phi) is 6.01. The molecule has 5 heteroatoms. The van der Waals surface area contributed by atoms with Crippen LogP contribution >= 0.6 is 15.9 Å². The van der Waals surface area contributed by atoms with Crippen LogP contribution < -0.4 is 5.32 Å². The van der Waals surface area contributed by atoms with Crippen LogP contribution in [0, 0.1) is 18.3 Å². The van der Waals surface area contributed by atoms with E-state index in [0.29, 0.717) is 12.2 Å². The summed E-state index contributed by atoms with van der Waals surface area (Å²) in [7, 11) is 0. The van der Waals surface area contributed by atoms with Crippen LogP contribution in [0.5, 0.6) is 0 Å². The first-order valence-electron chi connectivity index (χ1n) is 9.85. The van der Waals surface area contributed by atoms with Crippen molar-refractivity contribution in [1.29, 1.82) is 5.26 Å². The number of nitrogens with zero attached hydrogens (tertiary/aromatic N) is 2. The minimum atomic E-state index is -0.430. The second-order valence-corrected chi connectivity index (χ2v) is 8.26. The van der Waals surface area contributed by atoms with E-state index in [1.807, 2.05) is 42.6 Å². The number of fused-ring (bicyclic) bond motifs is 1. The zero-order valence-corrected chi connectivity index (χ0v) is 18.6. The average Bonchev–Trinajstić information content (AvgIpc) is 3.12. The van der Waals surface area contributed by atoms with E-state index in [-0.39, 0.29) is 5.57 Å². The fraction of sp³-hybridized carbons (Fsp3) is 0.0769. The van der Waals surface area contributed by atoms with E-state index in [4.69, 9.17) is 0 Å². The van der Waals surface area contributed by atoms with Crippen LogP contribution in [-0.4, -0.2) is 10.5 Å². The molecule has 0 fully saturated rings. The van der Waals surface area contributed by atoms with Gasteiger partial charge in [-0.3, -0.25) is 4.79 Å². The van der Waals surface area contributed by atoms with Gasteiger partial charge in [0.05, 0.1) is 0 Å². The fourth-order valence-corrected chi connectivity index (χ4v) is 3.71. The van der Waals surface area contributed by atoms with Gasteiger partial charge in [0.25, 0.3) is 5.91 Å². The van der Waals surface area contributed by atoms with Crippen molar-refractivity contribution in [2.45, 2.75) is 13.5 Å². The van der Waals surface area contributed by atoms with Crippen molar-refractivity contribution in [2.24, 2.45) is 0 Å². The number of para-hydroxylation sites is 1. The minimum Gasteiger partial charge on any atom is -0.342 e. The Labute approximate surface area is 189 Å². The van der Waals surface area contributed by atoms with Crippen LogP contribution in [0.4, 0.5) is 5.69 Å². The highest BCUT2D eigenvalue weighted by Crippen LogP contribution is 2.25. The maximum Gasteiger partial charge on any atom is 0.266 e. The van der Waals surface area contributed by atoms with Crippen molar-refractivity contribution >= 4 is 44.5 Å². The number of aryl methyl sites for hydroxylation is 1. The number of nitrogens with one attached hydrogen (secondary N) is 1. The van der Waals surface area contributed by atoms with Gasteiger partial charge >= 0.3 is 0 Å². The first-order chi connectivity index (χ1) is 15.0. The molecule has 4 aromatic rings. The molecule has 0 aliphatic carbocycles. The van der Waals surface area contributed by atoms with Crippen molar-refractivity contribution in [1.82, 2.24) is 4.57 Å². The fourth-order valence-electron chi connectivity index (χ4n) is 3.45. The molecule has 1 aromatic heterocycles. The highest BCUT2D eigenvalue weighted by molar-refractivity contribution is 9.10. The van der Waals surface area contributed by atoms with Crippen molar-refractivity contribution in [3.63, 3.8) is 0 Å². The zero-order valence-electron chi connectivity index (χ0n) is 17.0. The second kappa shape index (κ2) is 9.03. The molecule has 0 aliphatic rings. The number of hydrogen-bond acceptors (Lipinski definition) is 2. The molecule has 0 aliphatic heterocycles. The van der Waals surface area contributed by atoms with Gasteiger partial charge in [-0.25, -0.2) is 0 Å². The smallest absolute Gasteiger partial charge is 0.266 e. The van der Waals surface area contributed by atoms with E-state index in [1.54, 1.807) is 18.2 Å². The predicted octanol–water partition coefficient (Wildman–Crippen LogP) is 6.31. The lowest BCUT2D eigenvalue weighted by Crippen LogP contribution is -2.13. The molecule has 152 valence electrons. The quantitative estimate of drug-likeness (QED) is 0.275. The Morgan fingerprint density at radius 2 is 1.77 bits per heavy atom. The molecule has 0 atom stereocenters. The number of rotatable bonds is 5. The molecule has 1 N–H and O–H groups in total. The number of carbonyl (C=O) groups is 1. The molecule has 4 nitrogen and oxygen atoms in total. The molecule has 4 rings (SSSR count). The van der Waals surface area contributed by atoms with Gasteiger partial charge in [-0.15, -0.1) is 0 Å². The lowest BCUT2D eigenvalue weighted by atomic mass is 10.1. The lowest BCUT2D eigenvalue weighted by molar-refractivity contribution is -0.112. The van der Waals surface area contributed by atoms with E-state index < -0.39 is 5.91 Å². The Morgan fingerprint density at radius 1 is 1.06 bits per heavy atom. The molecule has 1 heterocycles. The number of nitriles is 1. The average molecular weight is 470 g/mol. The number of halogens is 1. The summed E-state index contributed by atoms with van der Waals surface area (Å²) in [5, 5.41) is 13.4. The number of anilines is 1. The summed E-state index contributed by atoms with van der Waals surface area (Å²) in [6.45, 7) is 2.78. The summed E-state index contributed by atoms with van der Waals surface area (Å²) in [5.41, 5.74) is 5.00. The Balaban J connectivity index is 1.66. The Morgan fingerprint density at radius 3 is 2.48 bits per heavy atom. The summed E-state index contributed by atoms with van der Waals surface area (Å²) >= 11 is 3.37. The standard InChI is InChI=1S/C26H20BrN3O/c1-18-6-8-19(9-7-18)16-30-17-21(24-4-2-3-5-25(24)30)14-20(15-28)26(31)29-23-12-10-22(27)11-13-23/h2-14,17H,16H2,1H3,(H,29,31)/b20-14-. The monoisotopic (exact) mass is 469 g/mol. The third-order valence-electron chi connectivity index (χ3n) is 5.06. The Bertz CT molecular complexity index is 1310. The van der Waals surface area contributed by atoms with E-state index in [9.17, 15) is 10.1 Å². The third kappa shape index (κ3) is 4.76. The van der Waals surface area contributed by atoms with Gasteiger partial charge in [-0.2, -0.15) is 5.26 Å². The third-order valence-corrected chi connectivity index (χ3v) is 5.59. The number of benzene rings is 3. The number of hydrogen-bond donors (Lipinski definition) is 1. The number of carbonyl (C=O) groups excluding carboxylic acids is 1. The van der Waals surface area contributed by atoms with Crippen molar-refractivity contribution < 1.29 is 4.79 Å². The molecule has 0 unspecified atom stereocenters. The largest absolute Gasteiger partial charge is 0.342 e. The number of amides is 1. The zero-order chi connectivity index (χ0) is 21.8. The van der Waals surface area contributed by atoms with Gasteiger partial charge in [-0.05, 0) is 48.9 Å². The molecule has 1 amide bonds. The summed E-state index contributed by atoms with van der Waals surface area (Å²) in [6.07, 6.45) is 3.65. The van der Waals surface area contributed by atoms with Gasteiger partial charge in [0.15, 0.2) is 0 Å². The van der Waals surface area contributed by atoms with Crippen LogP contribution in [0.15, 0.2) is 89.0 Å². The Hall–Kier alpha value is -3.62. The molecule has 0 saturated carbocycles. The maximum atomic E-state index is 12.7. The van der Waals surface area contributed by atoms with Crippen LogP contribution in [0.1, 0.15) is 16.7 Å².